The van der Waals surface area contributed by atoms with E-state index in [0.29, 0.717) is 11.4 Å². The number of aryl methyl sites for hydroxylation is 1. The normalized spacial score (nSPS) is 12.8. The third-order valence-electron chi connectivity index (χ3n) is 2.21. The molecule has 0 aliphatic rings. The highest BCUT2D eigenvalue weighted by Gasteiger charge is 2.25. The Labute approximate surface area is 119 Å². The van der Waals surface area contributed by atoms with Crippen LogP contribution in [0.1, 0.15) is 33.3 Å². The van der Waals surface area contributed by atoms with E-state index >= 15 is 0 Å². The van der Waals surface area contributed by atoms with Crippen LogP contribution >= 0.6 is 23.2 Å². The maximum atomic E-state index is 12.2. The topological polar surface area (TPSA) is 46.2 Å². The first-order chi connectivity index (χ1) is 8.07. The zero-order chi connectivity index (χ0) is 14.1. The van der Waals surface area contributed by atoms with Gasteiger partial charge in [-0.05, 0) is 44.9 Å². The molecule has 0 bridgehead atoms. The molecule has 0 heterocycles. The van der Waals surface area contributed by atoms with Gasteiger partial charge in [-0.2, -0.15) is 0 Å². The first kappa shape index (κ1) is 15.8. The summed E-state index contributed by atoms with van der Waals surface area (Å²) in [5.74, 6) is 0. The summed E-state index contributed by atoms with van der Waals surface area (Å²) in [4.78, 5) is 0.0151. The van der Waals surface area contributed by atoms with Crippen molar-refractivity contribution >= 4 is 33.2 Å². The minimum Gasteiger partial charge on any atom is -0.207 e. The molecule has 0 aliphatic heterocycles. The van der Waals surface area contributed by atoms with Crippen LogP contribution in [0.4, 0.5) is 0 Å². The molecule has 1 aromatic carbocycles. The standard InChI is InChI=1S/C12H17Cl2NO2S/c1-5-8-6-10(14)11(7-9(8)13)18(16,17)15-12(2,3)4/h6-7,15H,5H2,1-4H3. The largest absolute Gasteiger partial charge is 0.242 e. The Kier molecular flexibility index (Phi) is 4.70. The third kappa shape index (κ3) is 3.85. The van der Waals surface area contributed by atoms with E-state index in [1.165, 1.54) is 6.07 Å². The number of halogens is 2. The van der Waals surface area contributed by atoms with Gasteiger partial charge in [0.1, 0.15) is 4.90 Å². The fourth-order valence-corrected chi connectivity index (χ4v) is 3.86. The van der Waals surface area contributed by atoms with Gasteiger partial charge >= 0.3 is 0 Å². The molecule has 0 amide bonds. The molecule has 0 aromatic heterocycles. The van der Waals surface area contributed by atoms with Crippen molar-refractivity contribution in [1.82, 2.24) is 4.72 Å². The monoisotopic (exact) mass is 309 g/mol. The zero-order valence-corrected chi connectivity index (χ0v) is 13.2. The number of sulfonamides is 1. The van der Waals surface area contributed by atoms with Crippen molar-refractivity contribution in [2.75, 3.05) is 0 Å². The van der Waals surface area contributed by atoms with Gasteiger partial charge in [-0.3, -0.25) is 0 Å². The smallest absolute Gasteiger partial charge is 0.207 e. The summed E-state index contributed by atoms with van der Waals surface area (Å²) < 4.78 is 26.9. The Morgan fingerprint density at radius 1 is 1.17 bits per heavy atom. The summed E-state index contributed by atoms with van der Waals surface area (Å²) in [6.07, 6.45) is 0.700. The molecule has 0 fully saturated rings. The fourth-order valence-electron chi connectivity index (χ4n) is 1.50. The summed E-state index contributed by atoms with van der Waals surface area (Å²) in [5, 5.41) is 0.601. The van der Waals surface area contributed by atoms with Crippen LogP contribution in [0.25, 0.3) is 0 Å². The number of hydrogen-bond acceptors (Lipinski definition) is 2. The molecule has 0 aliphatic carbocycles. The van der Waals surface area contributed by atoms with Crippen LogP contribution in [0.3, 0.4) is 0 Å². The van der Waals surface area contributed by atoms with Gasteiger partial charge in [0.25, 0.3) is 0 Å². The van der Waals surface area contributed by atoms with Crippen molar-refractivity contribution in [3.63, 3.8) is 0 Å². The number of nitrogens with one attached hydrogen (secondary N) is 1. The van der Waals surface area contributed by atoms with E-state index in [-0.39, 0.29) is 9.92 Å². The Morgan fingerprint density at radius 2 is 1.72 bits per heavy atom. The van der Waals surface area contributed by atoms with Gasteiger partial charge in [0, 0.05) is 10.6 Å². The van der Waals surface area contributed by atoms with Crippen LogP contribution in [-0.2, 0) is 16.4 Å². The fraction of sp³-hybridized carbons (Fsp3) is 0.500. The third-order valence-corrected chi connectivity index (χ3v) is 4.79. The second-order valence-electron chi connectivity index (χ2n) is 5.08. The van der Waals surface area contributed by atoms with Crippen LogP contribution in [0.15, 0.2) is 17.0 Å². The highest BCUT2D eigenvalue weighted by atomic mass is 35.5. The maximum Gasteiger partial charge on any atom is 0.242 e. The number of benzene rings is 1. The van der Waals surface area contributed by atoms with Crippen molar-refractivity contribution < 1.29 is 8.42 Å². The summed E-state index contributed by atoms with van der Waals surface area (Å²) in [6.45, 7) is 7.22. The van der Waals surface area contributed by atoms with Crippen LogP contribution in [0.5, 0.6) is 0 Å². The van der Waals surface area contributed by atoms with Gasteiger partial charge in [0.05, 0.1) is 5.02 Å². The lowest BCUT2D eigenvalue weighted by Crippen LogP contribution is -2.40. The van der Waals surface area contributed by atoms with E-state index in [1.807, 2.05) is 6.92 Å². The second kappa shape index (κ2) is 5.37. The number of rotatable bonds is 3. The molecular weight excluding hydrogens is 293 g/mol. The van der Waals surface area contributed by atoms with Gasteiger partial charge in [0.15, 0.2) is 0 Å². The molecule has 102 valence electrons. The minimum atomic E-state index is -3.66. The van der Waals surface area contributed by atoms with Crippen LogP contribution in [-0.4, -0.2) is 14.0 Å². The Morgan fingerprint density at radius 3 is 2.17 bits per heavy atom. The van der Waals surface area contributed by atoms with E-state index in [1.54, 1.807) is 26.8 Å². The molecule has 0 saturated carbocycles. The second-order valence-corrected chi connectivity index (χ2v) is 7.55. The van der Waals surface area contributed by atoms with Gasteiger partial charge < -0.3 is 0 Å². The van der Waals surface area contributed by atoms with E-state index in [0.717, 1.165) is 5.56 Å². The predicted octanol–water partition coefficient (Wildman–Crippen LogP) is 3.63. The van der Waals surface area contributed by atoms with Gasteiger partial charge in [-0.25, -0.2) is 13.1 Å². The van der Waals surface area contributed by atoms with Gasteiger partial charge in [-0.15, -0.1) is 0 Å². The lowest BCUT2D eigenvalue weighted by molar-refractivity contribution is 0.491. The quantitative estimate of drug-likeness (QED) is 0.926. The van der Waals surface area contributed by atoms with E-state index in [2.05, 4.69) is 4.72 Å². The molecular formula is C12H17Cl2NO2S. The molecule has 0 spiro atoms. The highest BCUT2D eigenvalue weighted by Crippen LogP contribution is 2.29. The first-order valence-corrected chi connectivity index (χ1v) is 7.82. The highest BCUT2D eigenvalue weighted by molar-refractivity contribution is 7.89. The van der Waals surface area contributed by atoms with Crippen molar-refractivity contribution in [1.29, 1.82) is 0 Å². The van der Waals surface area contributed by atoms with Gasteiger partial charge in [-0.1, -0.05) is 30.1 Å². The summed E-state index contributed by atoms with van der Waals surface area (Å²) in [7, 11) is -3.66. The SMILES string of the molecule is CCc1cc(Cl)c(S(=O)(=O)NC(C)(C)C)cc1Cl. The van der Waals surface area contributed by atoms with Crippen molar-refractivity contribution in [2.24, 2.45) is 0 Å². The van der Waals surface area contributed by atoms with Crippen LogP contribution in [0.2, 0.25) is 10.0 Å². The van der Waals surface area contributed by atoms with Crippen molar-refractivity contribution in [3.8, 4) is 0 Å². The van der Waals surface area contributed by atoms with E-state index in [9.17, 15) is 8.42 Å². The van der Waals surface area contributed by atoms with Crippen LogP contribution in [0, 0.1) is 0 Å². The maximum absolute atomic E-state index is 12.2. The van der Waals surface area contributed by atoms with Crippen LogP contribution < -0.4 is 4.72 Å². The molecule has 1 rings (SSSR count). The molecule has 0 unspecified atom stereocenters. The molecule has 0 saturated heterocycles. The van der Waals surface area contributed by atoms with Crippen molar-refractivity contribution in [2.45, 2.75) is 44.6 Å². The molecule has 0 radical (unpaired) electrons. The van der Waals surface area contributed by atoms with Crippen molar-refractivity contribution in [3.05, 3.63) is 27.7 Å². The molecule has 1 aromatic rings. The molecule has 18 heavy (non-hydrogen) atoms. The molecule has 0 atom stereocenters. The molecule has 1 N–H and O–H groups in total. The lowest BCUT2D eigenvalue weighted by atomic mass is 10.1. The summed E-state index contributed by atoms with van der Waals surface area (Å²) in [6, 6.07) is 3.00. The predicted molar refractivity (Wildman–Crippen MR) is 75.9 cm³/mol. The molecule has 3 nitrogen and oxygen atoms in total. The average Bonchev–Trinajstić information content (AvgIpc) is 2.17. The zero-order valence-electron chi connectivity index (χ0n) is 10.8. The molecule has 6 heteroatoms. The van der Waals surface area contributed by atoms with Gasteiger partial charge in [0.2, 0.25) is 10.0 Å². The van der Waals surface area contributed by atoms with E-state index < -0.39 is 15.6 Å². The first-order valence-electron chi connectivity index (χ1n) is 5.58. The minimum absolute atomic E-state index is 0.0151. The number of hydrogen-bond donors (Lipinski definition) is 1. The summed E-state index contributed by atoms with van der Waals surface area (Å²) in [5.41, 5.74) is 0.259. The summed E-state index contributed by atoms with van der Waals surface area (Å²) >= 11 is 12.0. The van der Waals surface area contributed by atoms with E-state index in [4.69, 9.17) is 23.2 Å². The lowest BCUT2D eigenvalue weighted by Gasteiger charge is -2.21. The Balaban J connectivity index is 3.30. The Bertz CT molecular complexity index is 548. The average molecular weight is 310 g/mol. The Hall–Kier alpha value is -0.290.